The molecule has 156 valence electrons. The molecule has 6 nitrogen and oxygen atoms in total. The van der Waals surface area contributed by atoms with E-state index in [1.165, 1.54) is 0 Å². The number of hydrogen-bond acceptors (Lipinski definition) is 5. The molecule has 0 aliphatic rings. The van der Waals surface area contributed by atoms with Crippen molar-refractivity contribution < 1.29 is 18.8 Å². The molecule has 30 heavy (non-hydrogen) atoms. The van der Waals surface area contributed by atoms with Crippen molar-refractivity contribution in [3.8, 4) is 0 Å². The van der Waals surface area contributed by atoms with E-state index >= 15 is 0 Å². The third-order valence-corrected chi connectivity index (χ3v) is 4.83. The van der Waals surface area contributed by atoms with E-state index in [1.807, 2.05) is 52.0 Å². The summed E-state index contributed by atoms with van der Waals surface area (Å²) >= 11 is 0. The monoisotopic (exact) mass is 406 g/mol. The van der Waals surface area contributed by atoms with Gasteiger partial charge in [0.05, 0.1) is 5.69 Å². The molecule has 0 radical (unpaired) electrons. The normalized spacial score (nSPS) is 11.9. The molecule has 1 atom stereocenters. The van der Waals surface area contributed by atoms with E-state index < -0.39 is 18.0 Å². The number of anilines is 1. The highest BCUT2D eigenvalue weighted by molar-refractivity contribution is 5.99. The first-order valence-electron chi connectivity index (χ1n) is 9.88. The van der Waals surface area contributed by atoms with Gasteiger partial charge in [0, 0.05) is 17.2 Å². The van der Waals surface area contributed by atoms with E-state index in [4.69, 9.17) is 9.26 Å². The van der Waals surface area contributed by atoms with E-state index in [1.54, 1.807) is 31.2 Å². The summed E-state index contributed by atoms with van der Waals surface area (Å²) in [5.74, 6) is -0.669. The van der Waals surface area contributed by atoms with Crippen molar-refractivity contribution in [1.82, 2.24) is 5.16 Å². The first kappa shape index (κ1) is 21.3. The highest BCUT2D eigenvalue weighted by Gasteiger charge is 2.30. The molecular weight excluding hydrogens is 380 g/mol. The van der Waals surface area contributed by atoms with Crippen LogP contribution in [0.1, 0.15) is 64.4 Å². The Hall–Kier alpha value is -3.41. The SMILES string of the molecule is Cc1ccc(C)c(NC(=O)[C@H](OC(=O)c2c(C)noc2C(C)C)c2ccccc2)c1. The molecule has 0 spiro atoms. The molecule has 1 heterocycles. The largest absolute Gasteiger partial charge is 0.444 e. The van der Waals surface area contributed by atoms with Crippen molar-refractivity contribution in [3.63, 3.8) is 0 Å². The summed E-state index contributed by atoms with van der Waals surface area (Å²) in [6.07, 6.45) is -1.12. The molecular formula is C24H26N2O4. The van der Waals surface area contributed by atoms with Gasteiger partial charge in [-0.1, -0.05) is 61.5 Å². The van der Waals surface area contributed by atoms with Crippen molar-refractivity contribution in [2.75, 3.05) is 5.32 Å². The molecule has 1 N–H and O–H groups in total. The lowest BCUT2D eigenvalue weighted by Crippen LogP contribution is -2.26. The van der Waals surface area contributed by atoms with Crippen LogP contribution < -0.4 is 5.32 Å². The van der Waals surface area contributed by atoms with Gasteiger partial charge in [-0.15, -0.1) is 0 Å². The summed E-state index contributed by atoms with van der Waals surface area (Å²) in [6.45, 7) is 9.34. The van der Waals surface area contributed by atoms with Gasteiger partial charge in [0.1, 0.15) is 5.56 Å². The predicted molar refractivity (Wildman–Crippen MR) is 114 cm³/mol. The molecule has 0 unspecified atom stereocenters. The van der Waals surface area contributed by atoms with E-state index in [0.29, 0.717) is 22.7 Å². The second kappa shape index (κ2) is 8.95. The summed E-state index contributed by atoms with van der Waals surface area (Å²) < 4.78 is 11.0. The fourth-order valence-electron chi connectivity index (χ4n) is 3.17. The van der Waals surface area contributed by atoms with Crippen LogP contribution in [0.3, 0.4) is 0 Å². The lowest BCUT2D eigenvalue weighted by Gasteiger charge is -2.19. The first-order chi connectivity index (χ1) is 14.3. The smallest absolute Gasteiger partial charge is 0.344 e. The van der Waals surface area contributed by atoms with Gasteiger partial charge in [-0.05, 0) is 38.0 Å². The Morgan fingerprint density at radius 1 is 1.03 bits per heavy atom. The number of benzene rings is 2. The molecule has 0 aliphatic carbocycles. The predicted octanol–water partition coefficient (Wildman–Crippen LogP) is 5.26. The van der Waals surface area contributed by atoms with Gasteiger partial charge in [-0.3, -0.25) is 4.79 Å². The summed E-state index contributed by atoms with van der Waals surface area (Å²) in [5, 5.41) is 6.79. The summed E-state index contributed by atoms with van der Waals surface area (Å²) in [6, 6.07) is 14.7. The van der Waals surface area contributed by atoms with E-state index in [0.717, 1.165) is 11.1 Å². The first-order valence-corrected chi connectivity index (χ1v) is 9.88. The number of aryl methyl sites for hydroxylation is 3. The van der Waals surface area contributed by atoms with Crippen molar-refractivity contribution in [3.05, 3.63) is 82.2 Å². The van der Waals surface area contributed by atoms with E-state index in [-0.39, 0.29) is 11.5 Å². The Morgan fingerprint density at radius 3 is 2.40 bits per heavy atom. The van der Waals surface area contributed by atoms with Gasteiger partial charge in [-0.2, -0.15) is 0 Å². The number of nitrogens with one attached hydrogen (secondary N) is 1. The number of hydrogen-bond donors (Lipinski definition) is 1. The Balaban J connectivity index is 1.92. The molecule has 1 amide bonds. The molecule has 0 saturated heterocycles. The fourth-order valence-corrected chi connectivity index (χ4v) is 3.17. The second-order valence-electron chi connectivity index (χ2n) is 7.67. The lowest BCUT2D eigenvalue weighted by atomic mass is 10.0. The van der Waals surface area contributed by atoms with Crippen LogP contribution >= 0.6 is 0 Å². The third-order valence-electron chi connectivity index (χ3n) is 4.83. The Kier molecular flexibility index (Phi) is 6.35. The van der Waals surface area contributed by atoms with Crippen molar-refractivity contribution in [2.45, 2.75) is 46.6 Å². The zero-order valence-corrected chi connectivity index (χ0v) is 17.9. The molecule has 6 heteroatoms. The van der Waals surface area contributed by atoms with Crippen molar-refractivity contribution in [2.24, 2.45) is 0 Å². The van der Waals surface area contributed by atoms with Gasteiger partial charge in [0.2, 0.25) is 6.10 Å². The van der Waals surface area contributed by atoms with Crippen LogP contribution in [0.2, 0.25) is 0 Å². The molecule has 1 aromatic heterocycles. The fraction of sp³-hybridized carbons (Fsp3) is 0.292. The maximum Gasteiger partial charge on any atom is 0.344 e. The van der Waals surface area contributed by atoms with Gasteiger partial charge < -0.3 is 14.6 Å². The van der Waals surface area contributed by atoms with Crippen LogP contribution in [0.15, 0.2) is 53.1 Å². The van der Waals surface area contributed by atoms with Crippen molar-refractivity contribution >= 4 is 17.6 Å². The van der Waals surface area contributed by atoms with Crippen LogP contribution in [0.5, 0.6) is 0 Å². The summed E-state index contributed by atoms with van der Waals surface area (Å²) in [4.78, 5) is 26.2. The van der Waals surface area contributed by atoms with Crippen LogP contribution in [-0.2, 0) is 9.53 Å². The minimum Gasteiger partial charge on any atom is -0.444 e. The lowest BCUT2D eigenvalue weighted by molar-refractivity contribution is -0.125. The van der Waals surface area contributed by atoms with Crippen LogP contribution in [0, 0.1) is 20.8 Å². The number of carbonyl (C=O) groups is 2. The minimum absolute atomic E-state index is 0.0484. The molecule has 0 bridgehead atoms. The van der Waals surface area contributed by atoms with Gasteiger partial charge in [0.25, 0.3) is 5.91 Å². The Labute approximate surface area is 176 Å². The average Bonchev–Trinajstić information content (AvgIpc) is 3.11. The maximum atomic E-state index is 13.2. The van der Waals surface area contributed by atoms with Crippen LogP contribution in [0.25, 0.3) is 0 Å². The van der Waals surface area contributed by atoms with E-state index in [2.05, 4.69) is 10.5 Å². The molecule has 0 fully saturated rings. The molecule has 2 aromatic carbocycles. The minimum atomic E-state index is -1.12. The molecule has 0 saturated carbocycles. The number of aromatic nitrogens is 1. The third kappa shape index (κ3) is 4.59. The van der Waals surface area contributed by atoms with Crippen LogP contribution in [0.4, 0.5) is 5.69 Å². The second-order valence-corrected chi connectivity index (χ2v) is 7.67. The standard InChI is InChI=1S/C24H26N2O4/c1-14(2)21-20(17(5)26-30-21)24(28)29-22(18-9-7-6-8-10-18)23(27)25-19-13-15(3)11-12-16(19)4/h6-14,22H,1-5H3,(H,25,27)/t22-/m1/s1. The van der Waals surface area contributed by atoms with E-state index in [9.17, 15) is 9.59 Å². The highest BCUT2D eigenvalue weighted by atomic mass is 16.6. The van der Waals surface area contributed by atoms with Gasteiger partial charge in [-0.25, -0.2) is 4.79 Å². The number of nitrogens with zero attached hydrogens (tertiary/aromatic N) is 1. The zero-order valence-electron chi connectivity index (χ0n) is 17.9. The van der Waals surface area contributed by atoms with Crippen LogP contribution in [-0.4, -0.2) is 17.0 Å². The Bertz CT molecular complexity index is 1050. The summed E-state index contributed by atoms with van der Waals surface area (Å²) in [5.41, 5.74) is 3.90. The molecule has 0 aliphatic heterocycles. The number of esters is 1. The quantitative estimate of drug-likeness (QED) is 0.565. The number of amides is 1. The maximum absolute atomic E-state index is 13.2. The number of ether oxygens (including phenoxy) is 1. The number of rotatable bonds is 6. The molecule has 3 aromatic rings. The highest BCUT2D eigenvalue weighted by Crippen LogP contribution is 2.27. The van der Waals surface area contributed by atoms with Gasteiger partial charge in [0.15, 0.2) is 5.76 Å². The van der Waals surface area contributed by atoms with Gasteiger partial charge >= 0.3 is 5.97 Å². The topological polar surface area (TPSA) is 81.4 Å². The Morgan fingerprint density at radius 2 is 1.73 bits per heavy atom. The number of carbonyl (C=O) groups excluding carboxylic acids is 2. The van der Waals surface area contributed by atoms with Crippen molar-refractivity contribution in [1.29, 1.82) is 0 Å². The molecule has 3 rings (SSSR count). The summed E-state index contributed by atoms with van der Waals surface area (Å²) in [7, 11) is 0. The average molecular weight is 406 g/mol. The zero-order chi connectivity index (χ0) is 21.8.